The zero-order valence-corrected chi connectivity index (χ0v) is 11.7. The topological polar surface area (TPSA) is 25.8 Å². The van der Waals surface area contributed by atoms with E-state index < -0.39 is 0 Å². The minimum Gasteiger partial charge on any atom is -0.228 e. The second kappa shape index (κ2) is 4.80. The average Bonchev–Trinajstić information content (AvgIpc) is 2.41. The van der Waals surface area contributed by atoms with Gasteiger partial charge in [0.25, 0.3) is 0 Å². The van der Waals surface area contributed by atoms with E-state index in [2.05, 4.69) is 9.97 Å². The summed E-state index contributed by atoms with van der Waals surface area (Å²) >= 11 is 12.1. The lowest BCUT2D eigenvalue weighted by molar-refractivity contribution is 1.22. The molecule has 19 heavy (non-hydrogen) atoms. The number of hydrogen-bond donors (Lipinski definition) is 0. The van der Waals surface area contributed by atoms with E-state index in [-0.39, 0.29) is 0 Å². The number of aromatic nitrogens is 2. The first kappa shape index (κ1) is 12.4. The third kappa shape index (κ3) is 2.29. The van der Waals surface area contributed by atoms with Crippen LogP contribution in [0.25, 0.3) is 22.3 Å². The van der Waals surface area contributed by atoms with Crippen LogP contribution < -0.4 is 0 Å². The Bertz CT molecular complexity index is 752. The predicted molar refractivity (Wildman–Crippen MR) is 79.7 cm³/mol. The van der Waals surface area contributed by atoms with Crippen molar-refractivity contribution in [3.63, 3.8) is 0 Å². The number of para-hydroxylation sites is 1. The van der Waals surface area contributed by atoms with Crippen molar-refractivity contribution < 1.29 is 0 Å². The Labute approximate surface area is 121 Å². The Morgan fingerprint density at radius 1 is 0.895 bits per heavy atom. The molecule has 0 saturated carbocycles. The molecule has 0 atom stereocenters. The van der Waals surface area contributed by atoms with E-state index in [1.807, 2.05) is 49.4 Å². The summed E-state index contributed by atoms with van der Waals surface area (Å²) in [6, 6.07) is 13.3. The molecule has 0 bridgehead atoms. The van der Waals surface area contributed by atoms with Gasteiger partial charge in [-0.2, -0.15) is 0 Å². The van der Waals surface area contributed by atoms with Crippen LogP contribution in [0, 0.1) is 6.92 Å². The standard InChI is InChI=1S/C15H10Cl2N2/c1-9-3-2-4-12-13(9)18-15(19-14(12)17)10-5-7-11(16)8-6-10/h2-8H,1H3. The monoisotopic (exact) mass is 288 g/mol. The molecule has 4 heteroatoms. The van der Waals surface area contributed by atoms with Crippen molar-refractivity contribution in [2.45, 2.75) is 6.92 Å². The maximum Gasteiger partial charge on any atom is 0.161 e. The molecule has 0 aliphatic carbocycles. The van der Waals surface area contributed by atoms with E-state index in [0.717, 1.165) is 22.0 Å². The van der Waals surface area contributed by atoms with Crippen molar-refractivity contribution in [1.82, 2.24) is 9.97 Å². The first-order valence-electron chi connectivity index (χ1n) is 5.84. The molecule has 1 aromatic heterocycles. The van der Waals surface area contributed by atoms with Crippen LogP contribution in [0.3, 0.4) is 0 Å². The summed E-state index contributed by atoms with van der Waals surface area (Å²) in [4.78, 5) is 8.95. The number of fused-ring (bicyclic) bond motifs is 1. The van der Waals surface area contributed by atoms with Gasteiger partial charge in [-0.1, -0.05) is 35.3 Å². The molecule has 0 aliphatic heterocycles. The molecule has 3 rings (SSSR count). The van der Waals surface area contributed by atoms with Crippen molar-refractivity contribution in [3.8, 4) is 11.4 Å². The van der Waals surface area contributed by atoms with Crippen molar-refractivity contribution >= 4 is 34.1 Å². The van der Waals surface area contributed by atoms with Gasteiger partial charge in [0, 0.05) is 16.0 Å². The Kier molecular flexibility index (Phi) is 3.13. The Morgan fingerprint density at radius 3 is 2.37 bits per heavy atom. The van der Waals surface area contributed by atoms with Gasteiger partial charge in [-0.25, -0.2) is 9.97 Å². The molecule has 0 amide bonds. The largest absolute Gasteiger partial charge is 0.228 e. The van der Waals surface area contributed by atoms with Gasteiger partial charge in [-0.3, -0.25) is 0 Å². The summed E-state index contributed by atoms with van der Waals surface area (Å²) in [5.41, 5.74) is 2.86. The van der Waals surface area contributed by atoms with Gasteiger partial charge >= 0.3 is 0 Å². The lowest BCUT2D eigenvalue weighted by Crippen LogP contribution is -1.93. The van der Waals surface area contributed by atoms with Crippen LogP contribution in [0.2, 0.25) is 10.2 Å². The minimum atomic E-state index is 0.471. The summed E-state index contributed by atoms with van der Waals surface area (Å²) in [6.45, 7) is 2.01. The molecule has 0 N–H and O–H groups in total. The van der Waals surface area contributed by atoms with Gasteiger partial charge in [0.1, 0.15) is 5.15 Å². The van der Waals surface area contributed by atoms with Crippen molar-refractivity contribution in [2.75, 3.05) is 0 Å². The van der Waals surface area contributed by atoms with Crippen LogP contribution in [0.4, 0.5) is 0 Å². The smallest absolute Gasteiger partial charge is 0.161 e. The summed E-state index contributed by atoms with van der Waals surface area (Å²) in [7, 11) is 0. The number of nitrogens with zero attached hydrogens (tertiary/aromatic N) is 2. The molecule has 0 saturated heterocycles. The molecule has 0 fully saturated rings. The molecule has 3 aromatic rings. The van der Waals surface area contributed by atoms with E-state index in [1.54, 1.807) is 0 Å². The zero-order valence-electron chi connectivity index (χ0n) is 10.2. The van der Waals surface area contributed by atoms with E-state index in [9.17, 15) is 0 Å². The summed E-state index contributed by atoms with van der Waals surface area (Å²) < 4.78 is 0. The second-order valence-electron chi connectivity index (χ2n) is 4.32. The Balaban J connectivity index is 2.25. The average molecular weight is 289 g/mol. The first-order valence-corrected chi connectivity index (χ1v) is 6.59. The van der Waals surface area contributed by atoms with Crippen LogP contribution in [-0.2, 0) is 0 Å². The minimum absolute atomic E-state index is 0.471. The molecular formula is C15H10Cl2N2. The maximum atomic E-state index is 6.24. The summed E-state index contributed by atoms with van der Waals surface area (Å²) in [5.74, 6) is 0.614. The summed E-state index contributed by atoms with van der Waals surface area (Å²) in [5, 5.41) is 2.03. The lowest BCUT2D eigenvalue weighted by Gasteiger charge is -2.06. The van der Waals surface area contributed by atoms with E-state index in [4.69, 9.17) is 23.2 Å². The van der Waals surface area contributed by atoms with Crippen molar-refractivity contribution in [3.05, 3.63) is 58.2 Å². The van der Waals surface area contributed by atoms with Crippen molar-refractivity contribution in [2.24, 2.45) is 0 Å². The van der Waals surface area contributed by atoms with Crippen molar-refractivity contribution in [1.29, 1.82) is 0 Å². The molecule has 94 valence electrons. The highest BCUT2D eigenvalue weighted by Gasteiger charge is 2.09. The predicted octanol–water partition coefficient (Wildman–Crippen LogP) is 4.91. The molecule has 2 aromatic carbocycles. The maximum absolute atomic E-state index is 6.24. The molecule has 0 unspecified atom stereocenters. The second-order valence-corrected chi connectivity index (χ2v) is 5.11. The molecule has 0 radical (unpaired) electrons. The summed E-state index contributed by atoms with van der Waals surface area (Å²) in [6.07, 6.45) is 0. The highest BCUT2D eigenvalue weighted by Crippen LogP contribution is 2.27. The van der Waals surface area contributed by atoms with Gasteiger partial charge < -0.3 is 0 Å². The Hall–Kier alpha value is -1.64. The third-order valence-corrected chi connectivity index (χ3v) is 3.52. The zero-order chi connectivity index (χ0) is 13.4. The molecule has 2 nitrogen and oxygen atoms in total. The van der Waals surface area contributed by atoms with Crippen LogP contribution in [0.1, 0.15) is 5.56 Å². The van der Waals surface area contributed by atoms with Gasteiger partial charge in [-0.15, -0.1) is 0 Å². The number of halogens is 2. The number of hydrogen-bond acceptors (Lipinski definition) is 2. The fourth-order valence-corrected chi connectivity index (χ4v) is 2.34. The number of aryl methyl sites for hydroxylation is 1. The molecular weight excluding hydrogens is 279 g/mol. The van der Waals surface area contributed by atoms with Gasteiger partial charge in [0.05, 0.1) is 5.52 Å². The fraction of sp³-hybridized carbons (Fsp3) is 0.0667. The van der Waals surface area contributed by atoms with Gasteiger partial charge in [0.15, 0.2) is 5.82 Å². The van der Waals surface area contributed by atoms with Crippen LogP contribution in [0.5, 0.6) is 0 Å². The third-order valence-electron chi connectivity index (χ3n) is 2.98. The van der Waals surface area contributed by atoms with E-state index >= 15 is 0 Å². The van der Waals surface area contributed by atoms with E-state index in [0.29, 0.717) is 16.0 Å². The SMILES string of the molecule is Cc1cccc2c(Cl)nc(-c3ccc(Cl)cc3)nc12. The molecule has 0 spiro atoms. The van der Waals surface area contributed by atoms with Gasteiger partial charge in [-0.05, 0) is 42.8 Å². The number of benzene rings is 2. The first-order chi connectivity index (χ1) is 9.15. The quantitative estimate of drug-likeness (QED) is 0.595. The normalized spacial score (nSPS) is 10.9. The lowest BCUT2D eigenvalue weighted by atomic mass is 10.1. The van der Waals surface area contributed by atoms with Crippen LogP contribution >= 0.6 is 23.2 Å². The van der Waals surface area contributed by atoms with E-state index in [1.165, 1.54) is 0 Å². The highest BCUT2D eigenvalue weighted by molar-refractivity contribution is 6.34. The number of rotatable bonds is 1. The fourth-order valence-electron chi connectivity index (χ4n) is 1.99. The Morgan fingerprint density at radius 2 is 1.63 bits per heavy atom. The highest BCUT2D eigenvalue weighted by atomic mass is 35.5. The van der Waals surface area contributed by atoms with Crippen LogP contribution in [-0.4, -0.2) is 9.97 Å². The molecule has 1 heterocycles. The van der Waals surface area contributed by atoms with Gasteiger partial charge in [0.2, 0.25) is 0 Å². The van der Waals surface area contributed by atoms with Crippen LogP contribution in [0.15, 0.2) is 42.5 Å². The molecule has 0 aliphatic rings.